The molecule has 1 N–H and O–H groups in total. The Morgan fingerprint density at radius 2 is 1.41 bits per heavy atom. The van der Waals surface area contributed by atoms with Crippen molar-refractivity contribution in [2.75, 3.05) is 0 Å². The number of aromatic amines is 1. The summed E-state index contributed by atoms with van der Waals surface area (Å²) in [6, 6.07) is 8.47. The van der Waals surface area contributed by atoms with E-state index in [1.54, 1.807) is 0 Å². The summed E-state index contributed by atoms with van der Waals surface area (Å²) in [5.74, 6) is 0. The second-order valence-corrected chi connectivity index (χ2v) is 3.21. The fourth-order valence-corrected chi connectivity index (χ4v) is 1.45. The van der Waals surface area contributed by atoms with Crippen LogP contribution in [0.2, 0.25) is 0 Å². The van der Waals surface area contributed by atoms with E-state index in [0.29, 0.717) is 0 Å². The number of allylic oxidation sites excluding steroid dienone is 3. The van der Waals surface area contributed by atoms with Gasteiger partial charge in [-0.15, -0.1) is 0 Å². The van der Waals surface area contributed by atoms with Gasteiger partial charge >= 0.3 is 0 Å². The Morgan fingerprint density at radius 3 is 1.95 bits per heavy atom. The Labute approximate surface area is 140 Å². The first kappa shape index (κ1) is 25.2. The molecular formula is C21H39N. The highest BCUT2D eigenvalue weighted by molar-refractivity contribution is 5.81. The maximum atomic E-state index is 3.18. The van der Waals surface area contributed by atoms with E-state index in [2.05, 4.69) is 35.3 Å². The van der Waals surface area contributed by atoms with Gasteiger partial charge in [0.25, 0.3) is 0 Å². The number of rotatable bonds is 2. The van der Waals surface area contributed by atoms with Crippen molar-refractivity contribution in [1.82, 2.24) is 4.98 Å². The van der Waals surface area contributed by atoms with Gasteiger partial charge in [-0.2, -0.15) is 0 Å². The summed E-state index contributed by atoms with van der Waals surface area (Å²) < 4.78 is 0. The molecule has 0 bridgehead atoms. The van der Waals surface area contributed by atoms with Crippen LogP contribution in [0, 0.1) is 0 Å². The van der Waals surface area contributed by atoms with Gasteiger partial charge in [0.15, 0.2) is 0 Å². The standard InChI is InChI=1S/C13H13N.4C2H6.H2/c1-2-3-4-5-11-6-7-13-12(10-11)8-9-14-13;4*1-2;/h2-10,14H,1H3;4*1-2H3;1H/b3-2-,5-4+;;;;;. The van der Waals surface area contributed by atoms with Crippen molar-refractivity contribution >= 4 is 17.0 Å². The molecule has 1 heterocycles. The molecule has 0 saturated carbocycles. The number of fused-ring (bicyclic) bond motifs is 1. The van der Waals surface area contributed by atoms with Crippen LogP contribution in [0.25, 0.3) is 17.0 Å². The van der Waals surface area contributed by atoms with E-state index in [1.165, 1.54) is 16.5 Å². The summed E-state index contributed by atoms with van der Waals surface area (Å²) in [6.07, 6.45) is 10.2. The first-order chi connectivity index (χ1) is 10.9. The number of H-pyrrole nitrogens is 1. The van der Waals surface area contributed by atoms with Gasteiger partial charge in [0.1, 0.15) is 0 Å². The smallest absolute Gasteiger partial charge is 0.0454 e. The lowest BCUT2D eigenvalue weighted by Crippen LogP contribution is -1.71. The Morgan fingerprint density at radius 1 is 0.818 bits per heavy atom. The third-order valence-corrected chi connectivity index (χ3v) is 2.17. The average molecular weight is 306 g/mol. The normalized spacial score (nSPS) is 8.77. The first-order valence-electron chi connectivity index (χ1n) is 8.76. The molecule has 0 amide bonds. The Bertz CT molecular complexity index is 481. The van der Waals surface area contributed by atoms with E-state index in [0.717, 1.165) is 0 Å². The van der Waals surface area contributed by atoms with E-state index < -0.39 is 0 Å². The molecule has 0 fully saturated rings. The van der Waals surface area contributed by atoms with Crippen molar-refractivity contribution in [3.05, 3.63) is 54.3 Å². The summed E-state index contributed by atoms with van der Waals surface area (Å²) in [7, 11) is 0. The molecule has 1 nitrogen and oxygen atoms in total. The van der Waals surface area contributed by atoms with E-state index in [4.69, 9.17) is 0 Å². The monoisotopic (exact) mass is 305 g/mol. The summed E-state index contributed by atoms with van der Waals surface area (Å²) in [4.78, 5) is 3.18. The molecule has 0 aliphatic heterocycles. The maximum Gasteiger partial charge on any atom is 0.0454 e. The van der Waals surface area contributed by atoms with Crippen molar-refractivity contribution in [3.8, 4) is 0 Å². The number of nitrogens with one attached hydrogen (secondary N) is 1. The minimum Gasteiger partial charge on any atom is -0.361 e. The second kappa shape index (κ2) is 21.5. The molecule has 0 unspecified atom stereocenters. The fourth-order valence-electron chi connectivity index (χ4n) is 1.45. The van der Waals surface area contributed by atoms with Crippen LogP contribution in [0.3, 0.4) is 0 Å². The fraction of sp³-hybridized carbons (Fsp3) is 0.429. The van der Waals surface area contributed by atoms with Gasteiger partial charge in [0.05, 0.1) is 0 Å². The van der Waals surface area contributed by atoms with E-state index in [1.807, 2.05) is 86.7 Å². The third kappa shape index (κ3) is 11.0. The number of hydrogen-bond acceptors (Lipinski definition) is 0. The molecule has 22 heavy (non-hydrogen) atoms. The Hall–Kier alpha value is -1.76. The summed E-state index contributed by atoms with van der Waals surface area (Å²) in [6.45, 7) is 18.0. The molecule has 0 atom stereocenters. The molecular weight excluding hydrogens is 266 g/mol. The molecule has 1 heteroatoms. The highest BCUT2D eigenvalue weighted by Crippen LogP contribution is 2.15. The SMILES string of the molecule is C/C=C\C=C\c1ccc2[nH]ccc2c1.CC.CC.CC.CC.[HH]. The summed E-state index contributed by atoms with van der Waals surface area (Å²) >= 11 is 0. The molecule has 0 saturated heterocycles. The van der Waals surface area contributed by atoms with Gasteiger partial charge in [0.2, 0.25) is 0 Å². The lowest BCUT2D eigenvalue weighted by molar-refractivity contribution is 1.48. The largest absolute Gasteiger partial charge is 0.361 e. The van der Waals surface area contributed by atoms with Crippen LogP contribution in [0.15, 0.2) is 48.7 Å². The van der Waals surface area contributed by atoms with Gasteiger partial charge in [-0.05, 0) is 36.1 Å². The second-order valence-electron chi connectivity index (χ2n) is 3.21. The lowest BCUT2D eigenvalue weighted by Gasteiger charge is -1.93. The van der Waals surface area contributed by atoms with Gasteiger partial charge in [-0.1, -0.05) is 85.8 Å². The number of hydrogen-bond donors (Lipinski definition) is 1. The molecule has 128 valence electrons. The molecule has 2 rings (SSSR count). The van der Waals surface area contributed by atoms with Crippen LogP contribution in [0.1, 0.15) is 69.3 Å². The van der Waals surface area contributed by atoms with Crippen LogP contribution in [0.4, 0.5) is 0 Å². The van der Waals surface area contributed by atoms with E-state index in [9.17, 15) is 0 Å². The van der Waals surface area contributed by atoms with Crippen molar-refractivity contribution < 1.29 is 1.43 Å². The molecule has 0 spiro atoms. The van der Waals surface area contributed by atoms with Crippen LogP contribution in [-0.2, 0) is 0 Å². The van der Waals surface area contributed by atoms with Crippen LogP contribution < -0.4 is 0 Å². The zero-order valence-electron chi connectivity index (χ0n) is 16.2. The lowest BCUT2D eigenvalue weighted by atomic mass is 10.1. The van der Waals surface area contributed by atoms with Gasteiger partial charge in [-0.25, -0.2) is 0 Å². The predicted molar refractivity (Wildman–Crippen MR) is 110 cm³/mol. The van der Waals surface area contributed by atoms with Crippen LogP contribution in [0.5, 0.6) is 0 Å². The van der Waals surface area contributed by atoms with Gasteiger partial charge in [-0.3, -0.25) is 0 Å². The highest BCUT2D eigenvalue weighted by atomic mass is 14.7. The predicted octanol–water partition coefficient (Wildman–Crippen LogP) is 8.11. The van der Waals surface area contributed by atoms with Crippen molar-refractivity contribution in [1.29, 1.82) is 0 Å². The van der Waals surface area contributed by atoms with Crippen LogP contribution >= 0.6 is 0 Å². The van der Waals surface area contributed by atoms with Gasteiger partial charge in [0, 0.05) is 13.1 Å². The zero-order chi connectivity index (χ0) is 17.8. The number of aromatic nitrogens is 1. The van der Waals surface area contributed by atoms with Crippen molar-refractivity contribution in [2.24, 2.45) is 0 Å². The van der Waals surface area contributed by atoms with Gasteiger partial charge < -0.3 is 4.98 Å². The summed E-state index contributed by atoms with van der Waals surface area (Å²) in [5.41, 5.74) is 2.42. The minimum absolute atomic E-state index is 0. The zero-order valence-corrected chi connectivity index (χ0v) is 16.2. The molecule has 2 aromatic rings. The molecule has 0 aliphatic carbocycles. The molecule has 0 aliphatic rings. The minimum atomic E-state index is 0. The third-order valence-electron chi connectivity index (χ3n) is 2.17. The Balaban J connectivity index is -0.000000176. The molecule has 1 aromatic carbocycles. The topological polar surface area (TPSA) is 15.8 Å². The first-order valence-corrected chi connectivity index (χ1v) is 8.76. The van der Waals surface area contributed by atoms with E-state index >= 15 is 0 Å². The number of benzene rings is 1. The Kier molecular flexibility index (Phi) is 24.7. The van der Waals surface area contributed by atoms with Crippen molar-refractivity contribution in [3.63, 3.8) is 0 Å². The van der Waals surface area contributed by atoms with Crippen LogP contribution in [-0.4, -0.2) is 4.98 Å². The average Bonchev–Trinajstić information content (AvgIpc) is 3.10. The summed E-state index contributed by atoms with van der Waals surface area (Å²) in [5, 5.41) is 1.26. The van der Waals surface area contributed by atoms with E-state index in [-0.39, 0.29) is 1.43 Å². The highest BCUT2D eigenvalue weighted by Gasteiger charge is 1.93. The molecule has 0 radical (unpaired) electrons. The quantitative estimate of drug-likeness (QED) is 0.539. The molecule has 1 aromatic heterocycles. The van der Waals surface area contributed by atoms with Crippen molar-refractivity contribution in [2.45, 2.75) is 62.3 Å². The maximum absolute atomic E-state index is 3.18.